The van der Waals surface area contributed by atoms with Crippen molar-refractivity contribution in [1.82, 2.24) is 10.2 Å². The lowest BCUT2D eigenvalue weighted by Crippen LogP contribution is -2.46. The number of hydrogen-bond acceptors (Lipinski definition) is 3. The zero-order valence-electron chi connectivity index (χ0n) is 13.6. The van der Waals surface area contributed by atoms with Crippen molar-refractivity contribution in [2.75, 3.05) is 32.8 Å². The Bertz CT molecular complexity index is 257. The molecule has 0 spiro atoms. The van der Waals surface area contributed by atoms with Crippen LogP contribution in [0.3, 0.4) is 0 Å². The molecule has 3 atom stereocenters. The van der Waals surface area contributed by atoms with Crippen LogP contribution in [0.4, 0.5) is 0 Å². The van der Waals surface area contributed by atoms with E-state index in [2.05, 4.69) is 44.8 Å². The molecule has 2 N–H and O–H groups in total. The van der Waals surface area contributed by atoms with E-state index >= 15 is 0 Å². The van der Waals surface area contributed by atoms with Crippen molar-refractivity contribution in [1.29, 1.82) is 0 Å². The highest BCUT2D eigenvalue weighted by Crippen LogP contribution is 2.29. The molecule has 0 amide bonds. The van der Waals surface area contributed by atoms with Crippen LogP contribution in [-0.4, -0.2) is 48.8 Å². The first-order valence-electron chi connectivity index (χ1n) is 7.97. The Morgan fingerprint density at radius 1 is 1.42 bits per heavy atom. The Labute approximate surface area is 119 Å². The van der Waals surface area contributed by atoms with E-state index in [1.807, 2.05) is 0 Å². The highest BCUT2D eigenvalue weighted by atomic mass is 16.3. The smallest absolute Gasteiger partial charge is 0.0589 e. The van der Waals surface area contributed by atoms with Crippen LogP contribution in [0.5, 0.6) is 0 Å². The second-order valence-corrected chi connectivity index (χ2v) is 7.18. The molecule has 3 nitrogen and oxygen atoms in total. The van der Waals surface area contributed by atoms with Crippen molar-refractivity contribution in [3.05, 3.63) is 0 Å². The third-order valence-electron chi connectivity index (χ3n) is 4.73. The van der Waals surface area contributed by atoms with Crippen molar-refractivity contribution < 1.29 is 5.11 Å². The van der Waals surface area contributed by atoms with E-state index < -0.39 is 0 Å². The van der Waals surface area contributed by atoms with Gasteiger partial charge in [0, 0.05) is 19.1 Å². The summed E-state index contributed by atoms with van der Waals surface area (Å²) in [6, 6.07) is 0.371. The molecule has 0 aromatic heterocycles. The van der Waals surface area contributed by atoms with Gasteiger partial charge in [0.2, 0.25) is 0 Å². The lowest BCUT2D eigenvalue weighted by molar-refractivity contribution is 0.0931. The van der Waals surface area contributed by atoms with Crippen molar-refractivity contribution in [3.8, 4) is 0 Å². The first-order valence-corrected chi connectivity index (χ1v) is 7.97. The average molecular weight is 270 g/mol. The van der Waals surface area contributed by atoms with E-state index in [-0.39, 0.29) is 0 Å². The van der Waals surface area contributed by atoms with Crippen LogP contribution in [0, 0.1) is 17.3 Å². The zero-order chi connectivity index (χ0) is 14.5. The standard InChI is InChI=1S/C16H34N2O/c1-6-16(5,11-17-9-13(2)3)12-18-8-7-14(4)15(18)10-19/h13-15,17,19H,6-12H2,1-5H3. The fourth-order valence-corrected chi connectivity index (χ4v) is 3.02. The van der Waals surface area contributed by atoms with Crippen molar-refractivity contribution >= 4 is 0 Å². The van der Waals surface area contributed by atoms with Gasteiger partial charge in [-0.3, -0.25) is 4.90 Å². The van der Waals surface area contributed by atoms with Crippen LogP contribution in [0.2, 0.25) is 0 Å². The molecule has 1 aliphatic heterocycles. The minimum absolute atomic E-state index is 0.306. The summed E-state index contributed by atoms with van der Waals surface area (Å²) in [5.41, 5.74) is 0.312. The van der Waals surface area contributed by atoms with Gasteiger partial charge in [0.05, 0.1) is 6.61 Å². The first kappa shape index (κ1) is 16.9. The number of hydrogen-bond donors (Lipinski definition) is 2. The topological polar surface area (TPSA) is 35.5 Å². The molecule has 3 unspecified atom stereocenters. The van der Waals surface area contributed by atoms with E-state index in [0.717, 1.165) is 26.2 Å². The molecule has 0 radical (unpaired) electrons. The lowest BCUT2D eigenvalue weighted by Gasteiger charge is -2.36. The van der Waals surface area contributed by atoms with Crippen LogP contribution in [-0.2, 0) is 0 Å². The summed E-state index contributed by atoms with van der Waals surface area (Å²) in [6.07, 6.45) is 2.41. The highest BCUT2D eigenvalue weighted by Gasteiger charge is 2.35. The van der Waals surface area contributed by atoms with Gasteiger partial charge < -0.3 is 10.4 Å². The van der Waals surface area contributed by atoms with Crippen molar-refractivity contribution in [2.45, 2.75) is 53.5 Å². The molecule has 0 aliphatic carbocycles. The highest BCUT2D eigenvalue weighted by molar-refractivity contribution is 4.89. The summed E-state index contributed by atoms with van der Waals surface area (Å²) < 4.78 is 0. The van der Waals surface area contributed by atoms with Crippen LogP contribution >= 0.6 is 0 Å². The number of rotatable bonds is 8. The predicted molar refractivity (Wildman–Crippen MR) is 82.3 cm³/mol. The van der Waals surface area contributed by atoms with Crippen molar-refractivity contribution in [3.63, 3.8) is 0 Å². The summed E-state index contributed by atoms with van der Waals surface area (Å²) in [4.78, 5) is 2.51. The Hall–Kier alpha value is -0.120. The zero-order valence-corrected chi connectivity index (χ0v) is 13.6. The fraction of sp³-hybridized carbons (Fsp3) is 1.00. The minimum Gasteiger partial charge on any atom is -0.395 e. The molecule has 3 heteroatoms. The monoisotopic (exact) mass is 270 g/mol. The lowest BCUT2D eigenvalue weighted by atomic mass is 9.86. The Morgan fingerprint density at radius 3 is 2.63 bits per heavy atom. The van der Waals surface area contributed by atoms with Crippen LogP contribution in [0.1, 0.15) is 47.5 Å². The van der Waals surface area contributed by atoms with E-state index in [1.54, 1.807) is 0 Å². The molecule has 0 saturated carbocycles. The summed E-state index contributed by atoms with van der Waals surface area (Å²) in [5.74, 6) is 1.34. The molecular weight excluding hydrogens is 236 g/mol. The molecule has 0 aromatic rings. The maximum absolute atomic E-state index is 9.57. The largest absolute Gasteiger partial charge is 0.395 e. The molecule has 1 rings (SSSR count). The van der Waals surface area contributed by atoms with Crippen LogP contribution < -0.4 is 5.32 Å². The van der Waals surface area contributed by atoms with Crippen molar-refractivity contribution in [2.24, 2.45) is 17.3 Å². The van der Waals surface area contributed by atoms with E-state index in [0.29, 0.717) is 29.9 Å². The van der Waals surface area contributed by atoms with Gasteiger partial charge in [0.25, 0.3) is 0 Å². The van der Waals surface area contributed by atoms with E-state index in [4.69, 9.17) is 0 Å². The van der Waals surface area contributed by atoms with E-state index in [9.17, 15) is 5.11 Å². The van der Waals surface area contributed by atoms with Gasteiger partial charge in [-0.25, -0.2) is 0 Å². The fourth-order valence-electron chi connectivity index (χ4n) is 3.02. The van der Waals surface area contributed by atoms with Crippen LogP contribution in [0.15, 0.2) is 0 Å². The maximum atomic E-state index is 9.57. The second kappa shape index (κ2) is 7.61. The van der Waals surface area contributed by atoms with Gasteiger partial charge in [-0.05, 0) is 43.2 Å². The predicted octanol–water partition coefficient (Wildman–Crippen LogP) is 2.35. The SMILES string of the molecule is CCC(C)(CNCC(C)C)CN1CCC(C)C1CO. The number of likely N-dealkylation sites (tertiary alicyclic amines) is 1. The summed E-state index contributed by atoms with van der Waals surface area (Å²) in [6.45, 7) is 16.1. The Kier molecular flexibility index (Phi) is 6.78. The Balaban J connectivity index is 2.50. The van der Waals surface area contributed by atoms with Gasteiger partial charge in [0.1, 0.15) is 0 Å². The van der Waals surface area contributed by atoms with Gasteiger partial charge in [-0.1, -0.05) is 34.6 Å². The minimum atomic E-state index is 0.306. The molecule has 1 fully saturated rings. The quantitative estimate of drug-likeness (QED) is 0.711. The van der Waals surface area contributed by atoms with E-state index in [1.165, 1.54) is 12.8 Å². The molecule has 0 aromatic carbocycles. The molecular formula is C16H34N2O. The first-order chi connectivity index (χ1) is 8.91. The number of nitrogens with one attached hydrogen (secondary N) is 1. The molecule has 1 aliphatic rings. The van der Waals surface area contributed by atoms with Gasteiger partial charge in [-0.2, -0.15) is 0 Å². The summed E-state index contributed by atoms with van der Waals surface area (Å²) in [7, 11) is 0. The number of aliphatic hydroxyl groups is 1. The van der Waals surface area contributed by atoms with Crippen LogP contribution in [0.25, 0.3) is 0 Å². The third-order valence-corrected chi connectivity index (χ3v) is 4.73. The van der Waals surface area contributed by atoms with Gasteiger partial charge in [-0.15, -0.1) is 0 Å². The molecule has 0 bridgehead atoms. The number of aliphatic hydroxyl groups excluding tert-OH is 1. The number of nitrogens with zero attached hydrogens (tertiary/aromatic N) is 1. The Morgan fingerprint density at radius 2 is 2.11 bits per heavy atom. The molecule has 1 heterocycles. The normalized spacial score (nSPS) is 27.9. The molecule has 114 valence electrons. The van der Waals surface area contributed by atoms with Gasteiger partial charge >= 0.3 is 0 Å². The molecule has 19 heavy (non-hydrogen) atoms. The second-order valence-electron chi connectivity index (χ2n) is 7.18. The van der Waals surface area contributed by atoms with Gasteiger partial charge in [0.15, 0.2) is 0 Å². The summed E-state index contributed by atoms with van der Waals surface area (Å²) in [5, 5.41) is 13.2. The molecule has 1 saturated heterocycles. The summed E-state index contributed by atoms with van der Waals surface area (Å²) >= 11 is 0. The maximum Gasteiger partial charge on any atom is 0.0589 e. The third kappa shape index (κ3) is 5.05. The average Bonchev–Trinajstić information content (AvgIpc) is 2.69.